The summed E-state index contributed by atoms with van der Waals surface area (Å²) in [6.07, 6.45) is 1.47. The first-order valence-corrected chi connectivity index (χ1v) is 7.98. The van der Waals surface area contributed by atoms with E-state index in [0.717, 1.165) is 33.0 Å². The highest BCUT2D eigenvalue weighted by molar-refractivity contribution is 5.83. The molecule has 4 aromatic rings. The van der Waals surface area contributed by atoms with Crippen LogP contribution in [-0.4, -0.2) is 9.97 Å². The van der Waals surface area contributed by atoms with Crippen molar-refractivity contribution in [3.63, 3.8) is 0 Å². The molecular formula is C20H16N2O3. The molecule has 0 spiro atoms. The third-order valence-corrected chi connectivity index (χ3v) is 4.32. The van der Waals surface area contributed by atoms with E-state index in [1.54, 1.807) is 0 Å². The largest absolute Gasteiger partial charge is 0.472 e. The summed E-state index contributed by atoms with van der Waals surface area (Å²) in [6, 6.07) is 13.0. The summed E-state index contributed by atoms with van der Waals surface area (Å²) in [5.74, 6) is 0.496. The molecule has 0 amide bonds. The van der Waals surface area contributed by atoms with Gasteiger partial charge >= 0.3 is 5.63 Å². The highest BCUT2D eigenvalue weighted by atomic mass is 16.5. The average Bonchev–Trinajstić information content (AvgIpc) is 2.61. The van der Waals surface area contributed by atoms with Gasteiger partial charge in [0.05, 0.1) is 10.9 Å². The van der Waals surface area contributed by atoms with Crippen LogP contribution < -0.4 is 10.4 Å². The molecule has 0 unspecified atom stereocenters. The van der Waals surface area contributed by atoms with Crippen LogP contribution in [0.1, 0.15) is 16.7 Å². The predicted octanol–water partition coefficient (Wildman–Crippen LogP) is 3.93. The summed E-state index contributed by atoms with van der Waals surface area (Å²) in [7, 11) is 0. The number of ether oxygens (including phenoxy) is 1. The minimum absolute atomic E-state index is 0.228. The third kappa shape index (κ3) is 2.85. The number of aromatic nitrogens is 2. The van der Waals surface area contributed by atoms with Crippen LogP contribution in [0.2, 0.25) is 0 Å². The molecule has 0 aliphatic carbocycles. The zero-order chi connectivity index (χ0) is 17.4. The number of nitrogens with zero attached hydrogens (tertiary/aromatic N) is 2. The summed E-state index contributed by atoms with van der Waals surface area (Å²) >= 11 is 0. The zero-order valence-corrected chi connectivity index (χ0v) is 13.9. The first-order chi connectivity index (χ1) is 12.1. The van der Waals surface area contributed by atoms with Gasteiger partial charge in [0.25, 0.3) is 0 Å². The van der Waals surface area contributed by atoms with E-state index in [0.29, 0.717) is 11.5 Å². The SMILES string of the molecule is Cc1cc2oc(=O)cc(COc3ncnc4ccccc34)c2cc1C. The van der Waals surface area contributed by atoms with Crippen molar-refractivity contribution in [3.05, 3.63) is 75.9 Å². The maximum Gasteiger partial charge on any atom is 0.336 e. The minimum atomic E-state index is -0.387. The standard InChI is InChI=1S/C20H16N2O3/c1-12-7-16-14(9-19(23)25-18(16)8-13(12)2)10-24-20-15-5-3-4-6-17(15)21-11-22-20/h3-9,11H,10H2,1-2H3. The Balaban J connectivity index is 1.76. The minimum Gasteiger partial charge on any atom is -0.472 e. The van der Waals surface area contributed by atoms with Crippen molar-refractivity contribution in [2.45, 2.75) is 20.5 Å². The Labute approximate surface area is 143 Å². The summed E-state index contributed by atoms with van der Waals surface area (Å²) in [5.41, 5.74) is 3.99. The maximum atomic E-state index is 11.9. The number of aryl methyl sites for hydroxylation is 2. The van der Waals surface area contributed by atoms with Crippen LogP contribution in [0, 0.1) is 13.8 Å². The Bertz CT molecular complexity index is 1140. The molecule has 0 fully saturated rings. The van der Waals surface area contributed by atoms with Crippen molar-refractivity contribution in [2.24, 2.45) is 0 Å². The van der Waals surface area contributed by atoms with E-state index in [-0.39, 0.29) is 12.2 Å². The van der Waals surface area contributed by atoms with E-state index in [4.69, 9.17) is 9.15 Å². The van der Waals surface area contributed by atoms with E-state index in [1.807, 2.05) is 50.2 Å². The van der Waals surface area contributed by atoms with Crippen LogP contribution in [0.5, 0.6) is 5.88 Å². The summed E-state index contributed by atoms with van der Waals surface area (Å²) in [5, 5.41) is 1.71. The van der Waals surface area contributed by atoms with Crippen molar-refractivity contribution in [1.29, 1.82) is 0 Å². The van der Waals surface area contributed by atoms with Gasteiger partial charge in [0.1, 0.15) is 18.5 Å². The molecule has 0 bridgehead atoms. The van der Waals surface area contributed by atoms with Crippen molar-refractivity contribution in [2.75, 3.05) is 0 Å². The molecule has 0 saturated heterocycles. The van der Waals surface area contributed by atoms with Crippen molar-refractivity contribution in [1.82, 2.24) is 9.97 Å². The smallest absolute Gasteiger partial charge is 0.336 e. The lowest BCUT2D eigenvalue weighted by Crippen LogP contribution is -2.05. The third-order valence-electron chi connectivity index (χ3n) is 4.32. The fourth-order valence-corrected chi connectivity index (χ4v) is 2.84. The first-order valence-electron chi connectivity index (χ1n) is 7.98. The first kappa shape index (κ1) is 15.3. The fraction of sp³-hybridized carbons (Fsp3) is 0.150. The van der Waals surface area contributed by atoms with Gasteiger partial charge in [0.15, 0.2) is 0 Å². The second-order valence-electron chi connectivity index (χ2n) is 6.01. The van der Waals surface area contributed by atoms with Crippen molar-refractivity contribution >= 4 is 21.9 Å². The fourth-order valence-electron chi connectivity index (χ4n) is 2.84. The highest BCUT2D eigenvalue weighted by Crippen LogP contribution is 2.25. The van der Waals surface area contributed by atoms with Gasteiger partial charge in [-0.05, 0) is 49.2 Å². The van der Waals surface area contributed by atoms with E-state index in [2.05, 4.69) is 9.97 Å². The molecule has 0 saturated carbocycles. The average molecular weight is 332 g/mol. The molecule has 124 valence electrons. The van der Waals surface area contributed by atoms with Crippen LogP contribution >= 0.6 is 0 Å². The molecule has 2 aromatic heterocycles. The molecule has 5 heteroatoms. The summed E-state index contributed by atoms with van der Waals surface area (Å²) in [6.45, 7) is 4.25. The lowest BCUT2D eigenvalue weighted by molar-refractivity contribution is 0.298. The van der Waals surface area contributed by atoms with E-state index in [1.165, 1.54) is 12.4 Å². The molecule has 0 atom stereocenters. The number of hydrogen-bond donors (Lipinski definition) is 0. The number of fused-ring (bicyclic) bond motifs is 2. The lowest BCUT2D eigenvalue weighted by atomic mass is 10.0. The second-order valence-corrected chi connectivity index (χ2v) is 6.01. The Morgan fingerprint density at radius 1 is 1.00 bits per heavy atom. The van der Waals surface area contributed by atoms with Gasteiger partial charge in [-0.1, -0.05) is 12.1 Å². The topological polar surface area (TPSA) is 65.2 Å². The molecule has 2 aromatic carbocycles. The van der Waals surface area contributed by atoms with Gasteiger partial charge in [-0.25, -0.2) is 14.8 Å². The van der Waals surface area contributed by atoms with Crippen LogP contribution in [0.4, 0.5) is 0 Å². The Morgan fingerprint density at radius 2 is 1.80 bits per heavy atom. The maximum absolute atomic E-state index is 11.9. The molecule has 2 heterocycles. The van der Waals surface area contributed by atoms with Crippen molar-refractivity contribution in [3.8, 4) is 5.88 Å². The normalized spacial score (nSPS) is 11.1. The van der Waals surface area contributed by atoms with Crippen LogP contribution in [0.25, 0.3) is 21.9 Å². The number of para-hydroxylation sites is 1. The van der Waals surface area contributed by atoms with Gasteiger partial charge < -0.3 is 9.15 Å². The lowest BCUT2D eigenvalue weighted by Gasteiger charge is -2.10. The van der Waals surface area contributed by atoms with Crippen LogP contribution in [0.15, 0.2) is 58.0 Å². The predicted molar refractivity (Wildman–Crippen MR) is 95.8 cm³/mol. The van der Waals surface area contributed by atoms with Gasteiger partial charge in [-0.15, -0.1) is 0 Å². The van der Waals surface area contributed by atoms with Gasteiger partial charge in [-0.2, -0.15) is 0 Å². The van der Waals surface area contributed by atoms with Crippen LogP contribution in [0.3, 0.4) is 0 Å². The molecule has 0 N–H and O–H groups in total. The number of benzene rings is 2. The molecule has 0 aliphatic heterocycles. The molecule has 4 rings (SSSR count). The van der Waals surface area contributed by atoms with Crippen molar-refractivity contribution < 1.29 is 9.15 Å². The summed E-state index contributed by atoms with van der Waals surface area (Å²) in [4.78, 5) is 20.3. The number of hydrogen-bond acceptors (Lipinski definition) is 5. The Morgan fingerprint density at radius 3 is 2.68 bits per heavy atom. The Kier molecular flexibility index (Phi) is 3.69. The molecule has 5 nitrogen and oxygen atoms in total. The zero-order valence-electron chi connectivity index (χ0n) is 13.9. The van der Waals surface area contributed by atoms with Gasteiger partial charge in [0, 0.05) is 17.0 Å². The molecule has 25 heavy (non-hydrogen) atoms. The van der Waals surface area contributed by atoms with Gasteiger partial charge in [-0.3, -0.25) is 0 Å². The number of rotatable bonds is 3. The van der Waals surface area contributed by atoms with E-state index in [9.17, 15) is 4.79 Å². The van der Waals surface area contributed by atoms with E-state index < -0.39 is 0 Å². The quantitative estimate of drug-likeness (QED) is 0.532. The summed E-state index contributed by atoms with van der Waals surface area (Å²) < 4.78 is 11.2. The van der Waals surface area contributed by atoms with Crippen LogP contribution in [-0.2, 0) is 6.61 Å². The van der Waals surface area contributed by atoms with E-state index >= 15 is 0 Å². The highest BCUT2D eigenvalue weighted by Gasteiger charge is 2.10. The molecule has 0 radical (unpaired) electrons. The molecule has 0 aliphatic rings. The second kappa shape index (κ2) is 6.02. The molecular weight excluding hydrogens is 316 g/mol. The Hall–Kier alpha value is -3.21. The monoisotopic (exact) mass is 332 g/mol. The van der Waals surface area contributed by atoms with Gasteiger partial charge in [0.2, 0.25) is 5.88 Å².